The molecule has 0 bridgehead atoms. The van der Waals surface area contributed by atoms with Crippen LogP contribution in [0.2, 0.25) is 0 Å². The minimum absolute atomic E-state index is 0.0314. The highest BCUT2D eigenvalue weighted by molar-refractivity contribution is 7.15. The summed E-state index contributed by atoms with van der Waals surface area (Å²) in [5.41, 5.74) is 3.83. The maximum atomic E-state index is 12.7. The summed E-state index contributed by atoms with van der Waals surface area (Å²) < 4.78 is 1.92. The number of nitrogens with one attached hydrogen (secondary N) is 1. The molecule has 34 heavy (non-hydrogen) atoms. The normalized spacial score (nSPS) is 15.2. The Balaban J connectivity index is 1.90. The molecule has 4 rings (SSSR count). The number of hydrogen-bond donors (Lipinski definition) is 2. The lowest BCUT2D eigenvalue weighted by atomic mass is 9.98. The van der Waals surface area contributed by atoms with E-state index in [1.165, 1.54) is 11.3 Å². The first kappa shape index (κ1) is 23.3. The second-order valence-electron chi connectivity index (χ2n) is 8.15. The number of fused-ring (bicyclic) bond motifs is 3. The molecular formula is C24H23N7O2S. The van der Waals surface area contributed by atoms with Crippen LogP contribution in [0.5, 0.6) is 0 Å². The molecule has 2 atom stereocenters. The molecule has 9 nitrogen and oxygen atoms in total. The monoisotopic (exact) mass is 473 g/mol. The van der Waals surface area contributed by atoms with E-state index in [0.717, 1.165) is 26.6 Å². The molecule has 0 radical (unpaired) electrons. The zero-order chi connectivity index (χ0) is 24.4. The fourth-order valence-corrected chi connectivity index (χ4v) is 5.21. The van der Waals surface area contributed by atoms with E-state index in [2.05, 4.69) is 27.7 Å². The number of carbonyl (C=O) groups excluding carboxylic acids is 1. The van der Waals surface area contributed by atoms with Gasteiger partial charge in [-0.25, -0.2) is 0 Å². The van der Waals surface area contributed by atoms with Crippen molar-refractivity contribution < 1.29 is 9.90 Å². The van der Waals surface area contributed by atoms with Crippen molar-refractivity contribution >= 4 is 23.0 Å². The second kappa shape index (κ2) is 9.56. The predicted octanol–water partition coefficient (Wildman–Crippen LogP) is 2.66. The van der Waals surface area contributed by atoms with E-state index in [4.69, 9.17) is 4.99 Å². The Hall–Kier alpha value is -3.86. The van der Waals surface area contributed by atoms with Crippen LogP contribution in [0, 0.1) is 36.5 Å². The van der Waals surface area contributed by atoms with Gasteiger partial charge in [-0.1, -0.05) is 12.1 Å². The van der Waals surface area contributed by atoms with Crippen LogP contribution in [0.4, 0.5) is 0 Å². The molecule has 3 heterocycles. The highest BCUT2D eigenvalue weighted by Gasteiger charge is 2.32. The first-order valence-electron chi connectivity index (χ1n) is 10.8. The molecule has 1 aliphatic heterocycles. The summed E-state index contributed by atoms with van der Waals surface area (Å²) in [6.07, 6.45) is -0.356. The molecule has 0 saturated carbocycles. The molecule has 3 aromatic rings. The zero-order valence-corrected chi connectivity index (χ0v) is 19.8. The quantitative estimate of drug-likeness (QED) is 0.564. The molecule has 10 heteroatoms. The van der Waals surface area contributed by atoms with Gasteiger partial charge in [-0.05, 0) is 38.5 Å². The number of nitriles is 2. The fraction of sp³-hybridized carbons (Fsp3) is 0.333. The number of thiophene rings is 1. The predicted molar refractivity (Wildman–Crippen MR) is 127 cm³/mol. The molecule has 172 valence electrons. The van der Waals surface area contributed by atoms with Crippen molar-refractivity contribution in [1.29, 1.82) is 10.5 Å². The Morgan fingerprint density at radius 2 is 2.00 bits per heavy atom. The number of aliphatic imine (C=N–C) groups is 1. The molecule has 1 aliphatic rings. The summed E-state index contributed by atoms with van der Waals surface area (Å²) in [6.45, 7) is 5.56. The Labute approximate surface area is 201 Å². The third kappa shape index (κ3) is 4.34. The summed E-state index contributed by atoms with van der Waals surface area (Å²) in [7, 11) is 0. The van der Waals surface area contributed by atoms with Crippen molar-refractivity contribution in [2.24, 2.45) is 4.99 Å². The van der Waals surface area contributed by atoms with Gasteiger partial charge in [0.25, 0.3) is 0 Å². The average Bonchev–Trinajstić information content (AvgIpc) is 3.31. The number of carbonyl (C=O) groups is 1. The number of aryl methyl sites for hydroxylation is 1. The third-order valence-electron chi connectivity index (χ3n) is 5.60. The number of aliphatic hydroxyl groups excluding tert-OH is 1. The maximum absolute atomic E-state index is 12.7. The maximum Gasteiger partial charge on any atom is 0.222 e. The lowest BCUT2D eigenvalue weighted by Crippen LogP contribution is -2.31. The van der Waals surface area contributed by atoms with Crippen molar-refractivity contribution in [2.45, 2.75) is 45.8 Å². The number of hydrogen-bond acceptors (Lipinski definition) is 8. The SMILES string of the molecule is Cc1c(CC#N)sc2c1C(c1ccc(C#N)cc1)=N[C@@H](CC(=O)NC[C@H](C)O)c1nnc(C)n1-2. The van der Waals surface area contributed by atoms with Crippen molar-refractivity contribution in [1.82, 2.24) is 20.1 Å². The minimum atomic E-state index is -0.657. The van der Waals surface area contributed by atoms with Crippen LogP contribution in [0.15, 0.2) is 29.3 Å². The molecule has 0 aliphatic carbocycles. The fourth-order valence-electron chi connectivity index (χ4n) is 3.91. The molecule has 0 fully saturated rings. The minimum Gasteiger partial charge on any atom is -0.392 e. The third-order valence-corrected chi connectivity index (χ3v) is 6.88. The molecule has 0 spiro atoms. The molecule has 0 saturated heterocycles. The van der Waals surface area contributed by atoms with Crippen molar-refractivity contribution in [3.05, 3.63) is 63.0 Å². The first-order valence-corrected chi connectivity index (χ1v) is 11.6. The van der Waals surface area contributed by atoms with Gasteiger partial charge in [0.2, 0.25) is 5.91 Å². The van der Waals surface area contributed by atoms with Gasteiger partial charge in [0, 0.05) is 22.5 Å². The van der Waals surface area contributed by atoms with Crippen LogP contribution in [0.25, 0.3) is 5.00 Å². The van der Waals surface area contributed by atoms with E-state index in [0.29, 0.717) is 22.9 Å². The largest absolute Gasteiger partial charge is 0.392 e. The highest BCUT2D eigenvalue weighted by Crippen LogP contribution is 2.40. The number of aliphatic hydroxyl groups is 1. The van der Waals surface area contributed by atoms with Gasteiger partial charge in [-0.3, -0.25) is 14.4 Å². The molecule has 0 unspecified atom stereocenters. The summed E-state index contributed by atoms with van der Waals surface area (Å²) >= 11 is 1.50. The molecule has 2 aromatic heterocycles. The number of aromatic nitrogens is 3. The van der Waals surface area contributed by atoms with Crippen LogP contribution < -0.4 is 5.32 Å². The topological polar surface area (TPSA) is 140 Å². The van der Waals surface area contributed by atoms with Gasteiger partial charge in [0.15, 0.2) is 5.82 Å². The molecule has 1 aromatic carbocycles. The van der Waals surface area contributed by atoms with Gasteiger partial charge in [0.1, 0.15) is 16.9 Å². The van der Waals surface area contributed by atoms with Crippen LogP contribution in [0.1, 0.15) is 58.2 Å². The van der Waals surface area contributed by atoms with Gasteiger partial charge in [0.05, 0.1) is 42.4 Å². The van der Waals surface area contributed by atoms with E-state index >= 15 is 0 Å². The lowest BCUT2D eigenvalue weighted by Gasteiger charge is -2.13. The van der Waals surface area contributed by atoms with Gasteiger partial charge < -0.3 is 10.4 Å². The number of benzene rings is 1. The molecular weight excluding hydrogens is 450 g/mol. The summed E-state index contributed by atoms with van der Waals surface area (Å²) in [6, 6.07) is 10.9. The lowest BCUT2D eigenvalue weighted by molar-refractivity contribution is -0.121. The molecule has 2 N–H and O–H groups in total. The van der Waals surface area contributed by atoms with Crippen molar-refractivity contribution in [3.63, 3.8) is 0 Å². The Kier molecular flexibility index (Phi) is 6.55. The van der Waals surface area contributed by atoms with E-state index < -0.39 is 12.1 Å². The first-order chi connectivity index (χ1) is 16.3. The molecule has 1 amide bonds. The van der Waals surface area contributed by atoms with Crippen LogP contribution in [-0.2, 0) is 11.2 Å². The van der Waals surface area contributed by atoms with Crippen LogP contribution >= 0.6 is 11.3 Å². The standard InChI is InChI=1S/C24H23N7O2S/c1-13(32)12-27-20(33)10-18-23-30-29-15(3)31(23)24-21(14(2)19(34-24)8-9-25)22(28-18)17-6-4-16(11-26)5-7-17/h4-7,13,18,32H,8,10,12H2,1-3H3,(H,27,33)/t13-,18-/m0/s1. The van der Waals surface area contributed by atoms with Crippen LogP contribution in [0.3, 0.4) is 0 Å². The van der Waals surface area contributed by atoms with Crippen molar-refractivity contribution in [3.8, 4) is 17.1 Å². The number of nitrogens with zero attached hydrogens (tertiary/aromatic N) is 6. The summed E-state index contributed by atoms with van der Waals surface area (Å²) in [5.74, 6) is 0.944. The zero-order valence-electron chi connectivity index (χ0n) is 19.0. The van der Waals surface area contributed by atoms with Crippen LogP contribution in [-0.4, -0.2) is 44.1 Å². The number of rotatable bonds is 6. The van der Waals surface area contributed by atoms with E-state index in [9.17, 15) is 20.4 Å². The van der Waals surface area contributed by atoms with E-state index in [1.807, 2.05) is 30.5 Å². The van der Waals surface area contributed by atoms with Crippen molar-refractivity contribution in [2.75, 3.05) is 6.54 Å². The van der Waals surface area contributed by atoms with E-state index in [-0.39, 0.29) is 25.3 Å². The Bertz CT molecular complexity index is 1350. The highest BCUT2D eigenvalue weighted by atomic mass is 32.1. The van der Waals surface area contributed by atoms with Gasteiger partial charge in [-0.15, -0.1) is 21.5 Å². The smallest absolute Gasteiger partial charge is 0.222 e. The Morgan fingerprint density at radius 3 is 2.65 bits per heavy atom. The second-order valence-corrected chi connectivity index (χ2v) is 9.23. The average molecular weight is 474 g/mol. The summed E-state index contributed by atoms with van der Waals surface area (Å²) in [4.78, 5) is 18.6. The number of amides is 1. The van der Waals surface area contributed by atoms with Gasteiger partial charge >= 0.3 is 0 Å². The van der Waals surface area contributed by atoms with Gasteiger partial charge in [-0.2, -0.15) is 10.5 Å². The Morgan fingerprint density at radius 1 is 1.26 bits per heavy atom. The summed E-state index contributed by atoms with van der Waals surface area (Å²) in [5, 5.41) is 40.3. The van der Waals surface area contributed by atoms with E-state index in [1.54, 1.807) is 19.1 Å².